The van der Waals surface area contributed by atoms with Crippen molar-refractivity contribution >= 4 is 27.5 Å². The summed E-state index contributed by atoms with van der Waals surface area (Å²) >= 11 is 9.27. The van der Waals surface area contributed by atoms with E-state index in [1.165, 1.54) is 11.1 Å². The number of aryl methyl sites for hydroxylation is 1. The van der Waals surface area contributed by atoms with Gasteiger partial charge < -0.3 is 0 Å². The van der Waals surface area contributed by atoms with Gasteiger partial charge in [-0.25, -0.2) is 4.68 Å². The largest absolute Gasteiger partial charge is 0.239 e. The molecule has 78 valence electrons. The van der Waals surface area contributed by atoms with Gasteiger partial charge >= 0.3 is 0 Å². The summed E-state index contributed by atoms with van der Waals surface area (Å²) < 4.78 is 1.77. The van der Waals surface area contributed by atoms with Crippen LogP contribution >= 0.6 is 27.5 Å². The molecular weight excluding hydrogens is 275 g/mol. The Morgan fingerprint density at radius 1 is 1.47 bits per heavy atom. The lowest BCUT2D eigenvalue weighted by Crippen LogP contribution is -1.95. The Kier molecular flexibility index (Phi) is 3.12. The molecular formula is C11H10BrClN2. The molecule has 0 amide bonds. The number of hydrogen-bond donors (Lipinski definition) is 0. The van der Waals surface area contributed by atoms with Crippen molar-refractivity contribution in [1.82, 2.24) is 9.78 Å². The Balaban J connectivity index is 2.42. The van der Waals surface area contributed by atoms with Crippen LogP contribution in [0.3, 0.4) is 0 Å². The second-order valence-corrected chi connectivity index (χ2v) is 4.34. The first-order chi connectivity index (χ1) is 7.20. The maximum atomic E-state index is 5.82. The minimum atomic E-state index is 0.650. The molecule has 0 saturated heterocycles. The van der Waals surface area contributed by atoms with Crippen molar-refractivity contribution in [3.8, 4) is 5.69 Å². The molecule has 0 bridgehead atoms. The van der Waals surface area contributed by atoms with Crippen LogP contribution in [0.25, 0.3) is 5.69 Å². The highest BCUT2D eigenvalue weighted by Crippen LogP contribution is 2.17. The fourth-order valence-corrected chi connectivity index (χ4v) is 2.18. The molecule has 0 aliphatic heterocycles. The van der Waals surface area contributed by atoms with E-state index in [4.69, 9.17) is 11.6 Å². The topological polar surface area (TPSA) is 17.8 Å². The van der Waals surface area contributed by atoms with Crippen molar-refractivity contribution in [2.24, 2.45) is 0 Å². The normalized spacial score (nSPS) is 10.6. The molecule has 4 heteroatoms. The van der Waals surface area contributed by atoms with Gasteiger partial charge in [0.15, 0.2) is 0 Å². The third-order valence-corrected chi connectivity index (χ3v) is 3.09. The molecule has 0 N–H and O–H groups in total. The van der Waals surface area contributed by atoms with Crippen LogP contribution in [0.1, 0.15) is 11.1 Å². The van der Waals surface area contributed by atoms with E-state index in [1.54, 1.807) is 17.1 Å². The lowest BCUT2D eigenvalue weighted by atomic mass is 10.1. The Bertz CT molecular complexity index is 479. The van der Waals surface area contributed by atoms with Gasteiger partial charge in [-0.05, 0) is 30.2 Å². The van der Waals surface area contributed by atoms with Gasteiger partial charge in [0, 0.05) is 11.5 Å². The lowest BCUT2D eigenvalue weighted by Gasteiger charge is -2.06. The molecule has 0 aliphatic carbocycles. The van der Waals surface area contributed by atoms with Crippen LogP contribution in [-0.4, -0.2) is 9.78 Å². The fourth-order valence-electron chi connectivity index (χ4n) is 1.41. The van der Waals surface area contributed by atoms with Gasteiger partial charge in [0.2, 0.25) is 0 Å². The highest BCUT2D eigenvalue weighted by atomic mass is 79.9. The molecule has 0 saturated carbocycles. The van der Waals surface area contributed by atoms with Crippen molar-refractivity contribution < 1.29 is 0 Å². The molecule has 15 heavy (non-hydrogen) atoms. The zero-order valence-electron chi connectivity index (χ0n) is 8.24. The second-order valence-electron chi connectivity index (χ2n) is 3.35. The summed E-state index contributed by atoms with van der Waals surface area (Å²) in [7, 11) is 0. The van der Waals surface area contributed by atoms with Crippen molar-refractivity contribution in [3.05, 3.63) is 46.7 Å². The van der Waals surface area contributed by atoms with Crippen molar-refractivity contribution in [2.45, 2.75) is 12.3 Å². The smallest absolute Gasteiger partial charge is 0.0790 e. The minimum absolute atomic E-state index is 0.650. The summed E-state index contributed by atoms with van der Waals surface area (Å²) in [5.41, 5.74) is 3.57. The van der Waals surface area contributed by atoms with E-state index in [0.717, 1.165) is 11.0 Å². The van der Waals surface area contributed by atoms with E-state index < -0.39 is 0 Å². The Labute approximate surface area is 102 Å². The van der Waals surface area contributed by atoms with E-state index in [1.807, 2.05) is 6.07 Å². The number of halogens is 2. The quantitative estimate of drug-likeness (QED) is 0.769. The molecule has 0 aliphatic rings. The van der Waals surface area contributed by atoms with E-state index in [9.17, 15) is 0 Å². The first kappa shape index (κ1) is 10.7. The second kappa shape index (κ2) is 4.37. The Morgan fingerprint density at radius 2 is 2.27 bits per heavy atom. The number of nitrogens with zero attached hydrogens (tertiary/aromatic N) is 2. The number of aromatic nitrogens is 2. The van der Waals surface area contributed by atoms with E-state index in [0.29, 0.717) is 5.02 Å². The average Bonchev–Trinajstić information content (AvgIpc) is 2.65. The fraction of sp³-hybridized carbons (Fsp3) is 0.182. The predicted molar refractivity (Wildman–Crippen MR) is 65.9 cm³/mol. The van der Waals surface area contributed by atoms with Gasteiger partial charge in [0.25, 0.3) is 0 Å². The molecule has 1 aromatic carbocycles. The van der Waals surface area contributed by atoms with Gasteiger partial charge in [0.05, 0.1) is 16.9 Å². The Hall–Kier alpha value is -0.800. The van der Waals surface area contributed by atoms with Crippen molar-refractivity contribution in [2.75, 3.05) is 0 Å². The summed E-state index contributed by atoms with van der Waals surface area (Å²) in [5.74, 6) is 0. The van der Waals surface area contributed by atoms with E-state index in [2.05, 4.69) is 40.1 Å². The van der Waals surface area contributed by atoms with E-state index >= 15 is 0 Å². The van der Waals surface area contributed by atoms with Crippen LogP contribution in [-0.2, 0) is 5.33 Å². The summed E-state index contributed by atoms with van der Waals surface area (Å²) in [4.78, 5) is 0. The van der Waals surface area contributed by atoms with E-state index in [-0.39, 0.29) is 0 Å². The SMILES string of the molecule is Cc1cc(-n2cc(Cl)cn2)ccc1CBr. The number of alkyl halides is 1. The number of hydrogen-bond acceptors (Lipinski definition) is 1. The molecule has 1 aromatic heterocycles. The molecule has 0 spiro atoms. The van der Waals surface area contributed by atoms with Crippen LogP contribution in [0.4, 0.5) is 0 Å². The summed E-state index contributed by atoms with van der Waals surface area (Å²) in [5, 5.41) is 5.68. The number of rotatable bonds is 2. The first-order valence-electron chi connectivity index (χ1n) is 4.57. The van der Waals surface area contributed by atoms with Gasteiger partial charge in [0.1, 0.15) is 0 Å². The summed E-state index contributed by atoms with van der Waals surface area (Å²) in [6, 6.07) is 6.22. The molecule has 0 unspecified atom stereocenters. The monoisotopic (exact) mass is 284 g/mol. The third kappa shape index (κ3) is 2.24. The molecule has 0 atom stereocenters. The summed E-state index contributed by atoms with van der Waals surface area (Å²) in [6.45, 7) is 2.09. The van der Waals surface area contributed by atoms with Crippen LogP contribution in [0.2, 0.25) is 5.02 Å². The average molecular weight is 286 g/mol. The van der Waals surface area contributed by atoms with Gasteiger partial charge in [-0.1, -0.05) is 33.6 Å². The van der Waals surface area contributed by atoms with Gasteiger partial charge in [-0.2, -0.15) is 5.10 Å². The molecule has 2 aromatic rings. The summed E-state index contributed by atoms with van der Waals surface area (Å²) in [6.07, 6.45) is 3.43. The molecule has 0 radical (unpaired) electrons. The predicted octanol–water partition coefficient (Wildman–Crippen LogP) is 3.73. The standard InChI is InChI=1S/C11H10BrClN2/c1-8-4-11(3-2-9(8)5-12)15-7-10(13)6-14-15/h2-4,6-7H,5H2,1H3. The van der Waals surface area contributed by atoms with Crippen molar-refractivity contribution in [1.29, 1.82) is 0 Å². The number of benzene rings is 1. The van der Waals surface area contributed by atoms with Crippen molar-refractivity contribution in [3.63, 3.8) is 0 Å². The third-order valence-electron chi connectivity index (χ3n) is 2.29. The van der Waals surface area contributed by atoms with Crippen LogP contribution in [0, 0.1) is 6.92 Å². The first-order valence-corrected chi connectivity index (χ1v) is 6.06. The lowest BCUT2D eigenvalue weighted by molar-refractivity contribution is 0.878. The minimum Gasteiger partial charge on any atom is -0.239 e. The molecule has 2 nitrogen and oxygen atoms in total. The molecule has 2 rings (SSSR count). The van der Waals surface area contributed by atoms with Crippen LogP contribution in [0.15, 0.2) is 30.6 Å². The van der Waals surface area contributed by atoms with Gasteiger partial charge in [-0.3, -0.25) is 0 Å². The Morgan fingerprint density at radius 3 is 2.80 bits per heavy atom. The maximum Gasteiger partial charge on any atom is 0.0790 e. The molecule has 0 fully saturated rings. The van der Waals surface area contributed by atoms with Crippen LogP contribution < -0.4 is 0 Å². The van der Waals surface area contributed by atoms with Crippen LogP contribution in [0.5, 0.6) is 0 Å². The molecule has 1 heterocycles. The van der Waals surface area contributed by atoms with Gasteiger partial charge in [-0.15, -0.1) is 0 Å². The zero-order chi connectivity index (χ0) is 10.8. The highest BCUT2D eigenvalue weighted by Gasteiger charge is 2.02. The highest BCUT2D eigenvalue weighted by molar-refractivity contribution is 9.08. The zero-order valence-corrected chi connectivity index (χ0v) is 10.6. The maximum absolute atomic E-state index is 5.82.